The van der Waals surface area contributed by atoms with Crippen LogP contribution >= 0.6 is 0 Å². The average Bonchev–Trinajstić information content (AvgIpc) is 3.80. The molecule has 3 N–H and O–H groups in total. The first kappa shape index (κ1) is 28.5. The highest BCUT2D eigenvalue weighted by atomic mass is 16.3. The molecule has 1 aromatic heterocycles. The van der Waals surface area contributed by atoms with E-state index in [0.717, 1.165) is 101 Å². The minimum Gasteiger partial charge on any atom is -0.456 e. The van der Waals surface area contributed by atoms with E-state index in [4.69, 9.17) is 20.1 Å². The second-order valence-corrected chi connectivity index (χ2v) is 13.1. The number of allylic oxidation sites excluding steroid dienone is 2. The number of aliphatic imine (C=N–C) groups is 2. The number of nitrogens with two attached hydrogens (primary N) is 1. The minimum absolute atomic E-state index is 0.403. The predicted molar refractivity (Wildman–Crippen MR) is 210 cm³/mol. The average molecular weight is 647 g/mol. The van der Waals surface area contributed by atoms with Crippen molar-refractivity contribution in [2.75, 3.05) is 5.73 Å². The van der Waals surface area contributed by atoms with E-state index < -0.39 is 6.17 Å². The molecule has 2 aliphatic heterocycles. The molecule has 6 heteroatoms. The monoisotopic (exact) mass is 646 g/mol. The molecule has 10 rings (SSSR count). The van der Waals surface area contributed by atoms with Crippen LogP contribution in [0, 0.1) is 0 Å². The van der Waals surface area contributed by atoms with Crippen LogP contribution in [0.2, 0.25) is 0 Å². The summed E-state index contributed by atoms with van der Waals surface area (Å²) >= 11 is 0. The van der Waals surface area contributed by atoms with Crippen molar-refractivity contribution in [2.45, 2.75) is 25.9 Å². The van der Waals surface area contributed by atoms with Crippen molar-refractivity contribution in [3.05, 3.63) is 148 Å². The van der Waals surface area contributed by atoms with Crippen molar-refractivity contribution >= 4 is 85.4 Å². The van der Waals surface area contributed by atoms with E-state index in [1.54, 1.807) is 0 Å². The van der Waals surface area contributed by atoms with Crippen LogP contribution in [0.3, 0.4) is 0 Å². The molecule has 0 saturated heterocycles. The van der Waals surface area contributed by atoms with E-state index in [1.807, 2.05) is 49.7 Å². The Morgan fingerprint density at radius 3 is 2.58 bits per heavy atom. The number of amidine groups is 2. The molecule has 0 bridgehead atoms. The molecule has 3 aliphatic rings. The van der Waals surface area contributed by atoms with E-state index in [0.29, 0.717) is 5.84 Å². The molecular formula is C44H32N5O+. The Hall–Kier alpha value is -6.49. The first-order valence-electron chi connectivity index (χ1n) is 17.1. The molecule has 238 valence electrons. The van der Waals surface area contributed by atoms with Gasteiger partial charge in [0, 0.05) is 38.5 Å². The summed E-state index contributed by atoms with van der Waals surface area (Å²) in [7, 11) is 0. The van der Waals surface area contributed by atoms with Crippen LogP contribution in [0.5, 0.6) is 0 Å². The largest absolute Gasteiger partial charge is 0.456 e. The molecule has 1 aliphatic carbocycles. The number of rotatable bonds is 4. The number of furan rings is 1. The van der Waals surface area contributed by atoms with Gasteiger partial charge in [-0.15, -0.1) is 0 Å². The molecule has 0 spiro atoms. The second kappa shape index (κ2) is 11.0. The quantitative estimate of drug-likeness (QED) is 0.148. The molecule has 7 aromatic rings. The van der Waals surface area contributed by atoms with Gasteiger partial charge in [-0.1, -0.05) is 95.7 Å². The molecule has 0 fully saturated rings. The van der Waals surface area contributed by atoms with E-state index >= 15 is 0 Å². The van der Waals surface area contributed by atoms with Gasteiger partial charge in [0.2, 0.25) is 0 Å². The predicted octanol–water partition coefficient (Wildman–Crippen LogP) is 8.88. The van der Waals surface area contributed by atoms with Crippen molar-refractivity contribution in [2.24, 2.45) is 9.98 Å². The standard InChI is InChI=1S/C44H32N5O/c1-2-10-25-19-20-26-21-34(30-13-5-6-14-31(30)39(26)41(25)45)43-47-42(33-16-9-18-38-40(33)32-15-7-8-17-37(32)50-38)48-44(49-43)35-22-27-23-46-24-36(27)29-12-4-3-11-28(29)35/h2-4,6-12,14-24,43H,5,13,45H2,1H3,(H,47,48,49)/q+1/b10-2-. The number of fused-ring (bicyclic) bond motifs is 9. The molecule has 50 heavy (non-hydrogen) atoms. The Morgan fingerprint density at radius 1 is 0.840 bits per heavy atom. The number of para-hydroxylation sites is 1. The summed E-state index contributed by atoms with van der Waals surface area (Å²) < 4.78 is 10.8. The number of hydrogen-bond donors (Lipinski definition) is 2. The minimum atomic E-state index is -0.403. The Kier molecular flexibility index (Phi) is 6.29. The van der Waals surface area contributed by atoms with Gasteiger partial charge < -0.3 is 15.5 Å². The number of nitrogen functional groups attached to an aromatic ring is 1. The lowest BCUT2D eigenvalue weighted by molar-refractivity contribution is 0.663. The van der Waals surface area contributed by atoms with Gasteiger partial charge in [-0.3, -0.25) is 0 Å². The van der Waals surface area contributed by atoms with Crippen molar-refractivity contribution in [3.63, 3.8) is 0 Å². The van der Waals surface area contributed by atoms with Gasteiger partial charge in [0.1, 0.15) is 23.2 Å². The van der Waals surface area contributed by atoms with Crippen molar-refractivity contribution < 1.29 is 4.42 Å². The maximum Gasteiger partial charge on any atom is 0.301 e. The second-order valence-electron chi connectivity index (χ2n) is 13.1. The van der Waals surface area contributed by atoms with Crippen LogP contribution in [-0.4, -0.2) is 24.1 Å². The first-order chi connectivity index (χ1) is 24.7. The lowest BCUT2D eigenvalue weighted by Gasteiger charge is -2.28. The van der Waals surface area contributed by atoms with Crippen LogP contribution < -0.4 is 15.7 Å². The Bertz CT molecular complexity index is 2810. The van der Waals surface area contributed by atoms with Gasteiger partial charge in [0.05, 0.1) is 11.1 Å². The Morgan fingerprint density at radius 2 is 1.68 bits per heavy atom. The summed E-state index contributed by atoms with van der Waals surface area (Å²) in [6.07, 6.45) is 13.9. The Labute approximate surface area is 288 Å². The molecule has 6 nitrogen and oxygen atoms in total. The normalized spacial score (nSPS) is 16.4. The fourth-order valence-electron chi connectivity index (χ4n) is 7.98. The Balaban J connectivity index is 1.24. The van der Waals surface area contributed by atoms with Gasteiger partial charge in [-0.2, -0.15) is 0 Å². The van der Waals surface area contributed by atoms with Crippen LogP contribution in [0.15, 0.2) is 118 Å². The van der Waals surface area contributed by atoms with E-state index in [2.05, 4.69) is 94.9 Å². The summed E-state index contributed by atoms with van der Waals surface area (Å²) in [6, 6.07) is 31.6. The number of nitrogens with one attached hydrogen (secondary N) is 1. The highest BCUT2D eigenvalue weighted by molar-refractivity contribution is 6.25. The lowest BCUT2D eigenvalue weighted by atomic mass is 9.85. The molecule has 3 heterocycles. The lowest BCUT2D eigenvalue weighted by Crippen LogP contribution is -2.34. The topological polar surface area (TPSA) is 90.0 Å². The summed E-state index contributed by atoms with van der Waals surface area (Å²) in [4.78, 5) is 10.8. The van der Waals surface area contributed by atoms with Crippen molar-refractivity contribution in [1.82, 2.24) is 9.98 Å². The zero-order valence-corrected chi connectivity index (χ0v) is 27.4. The van der Waals surface area contributed by atoms with Gasteiger partial charge >= 0.3 is 12.4 Å². The maximum atomic E-state index is 6.87. The molecule has 1 atom stereocenters. The summed E-state index contributed by atoms with van der Waals surface area (Å²) in [5, 5.41) is 10.3. The van der Waals surface area contributed by atoms with Gasteiger partial charge in [0.15, 0.2) is 5.84 Å². The maximum absolute atomic E-state index is 6.87. The molecule has 0 radical (unpaired) electrons. The van der Waals surface area contributed by atoms with Crippen LogP contribution in [0.1, 0.15) is 64.0 Å². The zero-order valence-electron chi connectivity index (χ0n) is 27.4. The zero-order chi connectivity index (χ0) is 33.3. The van der Waals surface area contributed by atoms with Gasteiger partial charge in [0.25, 0.3) is 0 Å². The van der Waals surface area contributed by atoms with E-state index in [-0.39, 0.29) is 0 Å². The number of anilines is 1. The molecule has 0 amide bonds. The highest BCUT2D eigenvalue weighted by Crippen LogP contribution is 2.40. The van der Waals surface area contributed by atoms with E-state index in [9.17, 15) is 0 Å². The third-order valence-corrected chi connectivity index (χ3v) is 10.2. The fraction of sp³-hybridized carbons (Fsp3) is 0.0909. The number of nitrogens with zero attached hydrogens (tertiary/aromatic N) is 3. The van der Waals surface area contributed by atoms with Crippen LogP contribution in [-0.2, 0) is 6.42 Å². The molecule has 0 saturated carbocycles. The number of benzene rings is 6. The van der Waals surface area contributed by atoms with E-state index in [1.165, 1.54) is 11.1 Å². The first-order valence-corrected chi connectivity index (χ1v) is 17.1. The SMILES string of the molecule is C/C=C\c1ccc2cc(C3N=C(c4cc5c(c6ccccc46)C=[N+]=C5)N=C(c4cccc5oc6ccccc6c45)N3)c3c(c2c1N)C=CCC3. The van der Waals surface area contributed by atoms with Crippen LogP contribution in [0.25, 0.3) is 55.6 Å². The number of hydrogen-bond acceptors (Lipinski definition) is 5. The highest BCUT2D eigenvalue weighted by Gasteiger charge is 2.29. The van der Waals surface area contributed by atoms with Crippen molar-refractivity contribution in [3.8, 4) is 0 Å². The fourth-order valence-corrected chi connectivity index (χ4v) is 7.98. The summed E-state index contributed by atoms with van der Waals surface area (Å²) in [5.74, 6) is 1.43. The summed E-state index contributed by atoms with van der Waals surface area (Å²) in [6.45, 7) is 2.02. The molecule has 1 unspecified atom stereocenters. The van der Waals surface area contributed by atoms with Gasteiger partial charge in [-0.05, 0) is 76.9 Å². The molecule has 6 aromatic carbocycles. The van der Waals surface area contributed by atoms with Crippen molar-refractivity contribution in [1.29, 1.82) is 0 Å². The molecular weight excluding hydrogens is 615 g/mol. The van der Waals surface area contributed by atoms with Gasteiger partial charge in [-0.25, -0.2) is 9.98 Å². The third kappa shape index (κ3) is 4.26. The smallest absolute Gasteiger partial charge is 0.301 e. The third-order valence-electron chi connectivity index (χ3n) is 10.2. The summed E-state index contributed by atoms with van der Waals surface area (Å²) in [5.41, 5.74) is 18.1. The van der Waals surface area contributed by atoms with Crippen LogP contribution in [0.4, 0.5) is 5.69 Å².